The van der Waals surface area contributed by atoms with Crippen LogP contribution in [-0.4, -0.2) is 25.2 Å². The minimum atomic E-state index is 0.673. The maximum absolute atomic E-state index is 5.79. The second-order valence-electron chi connectivity index (χ2n) is 2.72. The lowest BCUT2D eigenvalue weighted by atomic mass is 10.5. The Morgan fingerprint density at radius 2 is 2.47 bits per heavy atom. The Bertz CT molecular complexity index is 440. The molecule has 0 spiro atoms. The van der Waals surface area contributed by atoms with Gasteiger partial charge in [-0.2, -0.15) is 0 Å². The van der Waals surface area contributed by atoms with Crippen LogP contribution in [0.25, 0.3) is 0 Å². The van der Waals surface area contributed by atoms with Gasteiger partial charge in [0, 0.05) is 6.54 Å². The first-order valence-electron chi connectivity index (χ1n) is 4.35. The molecule has 0 bridgehead atoms. The summed E-state index contributed by atoms with van der Waals surface area (Å²) in [6.45, 7) is 2.89. The third-order valence-electron chi connectivity index (χ3n) is 1.57. The molecule has 0 aliphatic heterocycles. The molecule has 0 atom stereocenters. The molecule has 15 heavy (non-hydrogen) atoms. The minimum absolute atomic E-state index is 0.673. The van der Waals surface area contributed by atoms with Crippen LogP contribution >= 0.6 is 34.7 Å². The summed E-state index contributed by atoms with van der Waals surface area (Å²) in [5.74, 6) is 0. The van der Waals surface area contributed by atoms with Crippen LogP contribution < -0.4 is 0 Å². The Morgan fingerprint density at radius 3 is 3.13 bits per heavy atom. The van der Waals surface area contributed by atoms with Gasteiger partial charge in [0.2, 0.25) is 5.16 Å². The lowest BCUT2D eigenvalue weighted by molar-refractivity contribution is 0.539. The number of hydrogen-bond donors (Lipinski definition) is 0. The van der Waals surface area contributed by atoms with Gasteiger partial charge in [0.05, 0.1) is 6.20 Å². The fraction of sp³-hybridized carbons (Fsp3) is 0.429. The summed E-state index contributed by atoms with van der Waals surface area (Å²) in [6.07, 6.45) is 2.62. The molecule has 0 amide bonds. The van der Waals surface area contributed by atoms with Gasteiger partial charge in [0.1, 0.15) is 4.34 Å². The Balaban J connectivity index is 2.13. The van der Waals surface area contributed by atoms with E-state index in [1.165, 1.54) is 23.1 Å². The smallest absolute Gasteiger partial charge is 0.216 e. The van der Waals surface area contributed by atoms with E-state index >= 15 is 0 Å². The predicted octanol–water partition coefficient (Wildman–Crippen LogP) is 2.34. The fourth-order valence-electron chi connectivity index (χ4n) is 0.987. The van der Waals surface area contributed by atoms with Gasteiger partial charge >= 0.3 is 0 Å². The Kier molecular flexibility index (Phi) is 3.55. The molecule has 2 aromatic heterocycles. The lowest BCUT2D eigenvalue weighted by Gasteiger charge is -1.98. The van der Waals surface area contributed by atoms with Crippen molar-refractivity contribution in [3.8, 4) is 0 Å². The average Bonchev–Trinajstić information content (AvgIpc) is 2.78. The van der Waals surface area contributed by atoms with Crippen LogP contribution in [0.5, 0.6) is 0 Å². The molecular formula is C7H8ClN5S2. The van der Waals surface area contributed by atoms with Crippen LogP contribution in [0.3, 0.4) is 0 Å². The van der Waals surface area contributed by atoms with E-state index in [0.717, 1.165) is 22.5 Å². The molecular weight excluding hydrogens is 254 g/mol. The van der Waals surface area contributed by atoms with Crippen molar-refractivity contribution in [1.29, 1.82) is 0 Å². The third kappa shape index (κ3) is 2.67. The van der Waals surface area contributed by atoms with E-state index < -0.39 is 0 Å². The molecule has 2 heterocycles. The van der Waals surface area contributed by atoms with Gasteiger partial charge in [-0.05, 0) is 28.6 Å². The van der Waals surface area contributed by atoms with E-state index in [2.05, 4.69) is 27.4 Å². The van der Waals surface area contributed by atoms with Gasteiger partial charge in [0.25, 0.3) is 0 Å². The molecule has 2 rings (SSSR count). The fourth-order valence-corrected chi connectivity index (χ4v) is 3.00. The summed E-state index contributed by atoms with van der Waals surface area (Å²) in [5, 5.41) is 12.2. The van der Waals surface area contributed by atoms with Gasteiger partial charge in [-0.1, -0.05) is 29.9 Å². The lowest BCUT2D eigenvalue weighted by Crippen LogP contribution is -2.00. The number of nitrogens with zero attached hydrogens (tertiary/aromatic N) is 5. The molecule has 5 nitrogen and oxygen atoms in total. The van der Waals surface area contributed by atoms with E-state index in [9.17, 15) is 0 Å². The van der Waals surface area contributed by atoms with Crippen molar-refractivity contribution < 1.29 is 0 Å². The number of aromatic nitrogens is 5. The number of aryl methyl sites for hydroxylation is 1. The molecule has 0 saturated heterocycles. The third-order valence-corrected chi connectivity index (χ3v) is 3.73. The van der Waals surface area contributed by atoms with Gasteiger partial charge in [-0.15, -0.1) is 5.10 Å². The van der Waals surface area contributed by atoms with Crippen molar-refractivity contribution in [1.82, 2.24) is 25.2 Å². The quantitative estimate of drug-likeness (QED) is 0.846. The summed E-state index contributed by atoms with van der Waals surface area (Å²) in [6, 6.07) is 0. The summed E-state index contributed by atoms with van der Waals surface area (Å²) in [7, 11) is 0. The van der Waals surface area contributed by atoms with Crippen LogP contribution in [0.2, 0.25) is 4.34 Å². The van der Waals surface area contributed by atoms with Gasteiger partial charge in [-0.3, -0.25) is 0 Å². The Hall–Kier alpha value is -0.660. The van der Waals surface area contributed by atoms with E-state index in [1.54, 1.807) is 10.9 Å². The van der Waals surface area contributed by atoms with Gasteiger partial charge < -0.3 is 0 Å². The number of hydrogen-bond acceptors (Lipinski definition) is 6. The first-order chi connectivity index (χ1) is 7.29. The molecule has 0 aromatic carbocycles. The first kappa shape index (κ1) is 10.8. The van der Waals surface area contributed by atoms with E-state index in [1.807, 2.05) is 0 Å². The van der Waals surface area contributed by atoms with Gasteiger partial charge in [0.15, 0.2) is 4.34 Å². The number of halogens is 1. The highest BCUT2D eigenvalue weighted by molar-refractivity contribution is 8.00. The van der Waals surface area contributed by atoms with Crippen molar-refractivity contribution in [3.05, 3.63) is 10.5 Å². The maximum atomic E-state index is 5.79. The zero-order valence-electron chi connectivity index (χ0n) is 7.92. The minimum Gasteiger partial charge on any atom is -0.236 e. The summed E-state index contributed by atoms with van der Waals surface area (Å²) >= 11 is 8.64. The molecule has 0 N–H and O–H groups in total. The standard InChI is InChI=1S/C7H8ClN5S2/c1-2-3-13-6(10-11-12-13)15-7-9-4-5(8)14-7/h4H,2-3H2,1H3. The monoisotopic (exact) mass is 261 g/mol. The Morgan fingerprint density at radius 1 is 1.60 bits per heavy atom. The number of thiazole rings is 1. The van der Waals surface area contributed by atoms with Crippen LogP contribution in [0, 0.1) is 0 Å². The molecule has 8 heteroatoms. The number of rotatable bonds is 4. The topological polar surface area (TPSA) is 56.5 Å². The zero-order chi connectivity index (χ0) is 10.7. The van der Waals surface area contributed by atoms with E-state index in [0.29, 0.717) is 4.34 Å². The molecule has 0 aliphatic carbocycles. The van der Waals surface area contributed by atoms with Crippen LogP contribution in [0.1, 0.15) is 13.3 Å². The van der Waals surface area contributed by atoms with E-state index in [4.69, 9.17) is 11.6 Å². The molecule has 0 unspecified atom stereocenters. The average molecular weight is 262 g/mol. The Labute approximate surface area is 99.9 Å². The zero-order valence-corrected chi connectivity index (χ0v) is 10.3. The normalized spacial score (nSPS) is 10.8. The van der Waals surface area contributed by atoms with Crippen molar-refractivity contribution in [2.45, 2.75) is 29.4 Å². The van der Waals surface area contributed by atoms with E-state index in [-0.39, 0.29) is 0 Å². The largest absolute Gasteiger partial charge is 0.236 e. The molecule has 0 aliphatic rings. The van der Waals surface area contributed by atoms with Crippen molar-refractivity contribution >= 4 is 34.7 Å². The van der Waals surface area contributed by atoms with Gasteiger partial charge in [-0.25, -0.2) is 9.67 Å². The number of tetrazole rings is 1. The summed E-state index contributed by atoms with van der Waals surface area (Å²) in [4.78, 5) is 4.13. The highest BCUT2D eigenvalue weighted by atomic mass is 35.5. The molecule has 0 radical (unpaired) electrons. The summed E-state index contributed by atoms with van der Waals surface area (Å²) < 4.78 is 3.29. The summed E-state index contributed by atoms with van der Waals surface area (Å²) in [5.41, 5.74) is 0. The van der Waals surface area contributed by atoms with Crippen molar-refractivity contribution in [2.24, 2.45) is 0 Å². The predicted molar refractivity (Wildman–Crippen MR) is 59.4 cm³/mol. The highest BCUT2D eigenvalue weighted by Crippen LogP contribution is 2.31. The molecule has 0 fully saturated rings. The van der Waals surface area contributed by atoms with Crippen LogP contribution in [0.15, 0.2) is 15.7 Å². The van der Waals surface area contributed by atoms with Crippen molar-refractivity contribution in [3.63, 3.8) is 0 Å². The van der Waals surface area contributed by atoms with Crippen LogP contribution in [-0.2, 0) is 6.54 Å². The second-order valence-corrected chi connectivity index (χ2v) is 5.59. The van der Waals surface area contributed by atoms with Crippen LogP contribution in [0.4, 0.5) is 0 Å². The molecule has 2 aromatic rings. The molecule has 0 saturated carbocycles. The maximum Gasteiger partial charge on any atom is 0.216 e. The highest BCUT2D eigenvalue weighted by Gasteiger charge is 2.09. The SMILES string of the molecule is CCCn1nnnc1Sc1ncc(Cl)s1. The second kappa shape index (κ2) is 4.91. The van der Waals surface area contributed by atoms with Crippen molar-refractivity contribution in [2.75, 3.05) is 0 Å². The molecule has 80 valence electrons. The first-order valence-corrected chi connectivity index (χ1v) is 6.36.